The number of fused-ring (bicyclic) bond motifs is 1. The lowest BCUT2D eigenvalue weighted by molar-refractivity contribution is 0.245. The molecule has 3 aromatic rings. The van der Waals surface area contributed by atoms with Gasteiger partial charge in [0.2, 0.25) is 0 Å². The van der Waals surface area contributed by atoms with E-state index in [9.17, 15) is 0 Å². The minimum absolute atomic E-state index is 0.915. The van der Waals surface area contributed by atoms with Crippen molar-refractivity contribution in [1.82, 2.24) is 9.97 Å². The number of rotatable bonds is 13. The highest BCUT2D eigenvalue weighted by Gasteiger charge is 2.20. The van der Waals surface area contributed by atoms with Crippen LogP contribution in [0.15, 0.2) is 54.6 Å². The van der Waals surface area contributed by atoms with Crippen LogP contribution in [-0.4, -0.2) is 24.1 Å². The maximum atomic E-state index is 4.89. The Labute approximate surface area is 213 Å². The van der Waals surface area contributed by atoms with Crippen molar-refractivity contribution in [2.75, 3.05) is 19.0 Å². The van der Waals surface area contributed by atoms with Crippen LogP contribution in [0.5, 0.6) is 0 Å². The number of benzene rings is 2. The Morgan fingerprint density at radius 1 is 0.657 bits per heavy atom. The fourth-order valence-electron chi connectivity index (χ4n) is 5.85. The normalized spacial score (nSPS) is 18.1. The van der Waals surface area contributed by atoms with E-state index >= 15 is 0 Å². The van der Waals surface area contributed by atoms with Gasteiger partial charge in [-0.05, 0) is 48.8 Å². The lowest BCUT2D eigenvalue weighted by Gasteiger charge is -2.28. The van der Waals surface area contributed by atoms with Crippen molar-refractivity contribution < 1.29 is 0 Å². The number of nitrogens with zero attached hydrogens (tertiary/aromatic N) is 3. The summed E-state index contributed by atoms with van der Waals surface area (Å²) in [5.41, 5.74) is 2.56. The largest absolute Gasteiger partial charge is 0.362 e. The van der Waals surface area contributed by atoms with Crippen LogP contribution in [0.3, 0.4) is 0 Å². The summed E-state index contributed by atoms with van der Waals surface area (Å²) in [5.74, 6) is 3.95. The molecule has 0 atom stereocenters. The van der Waals surface area contributed by atoms with Gasteiger partial charge in [0.1, 0.15) is 11.6 Å². The molecular formula is C32H45N3. The number of para-hydroxylation sites is 1. The summed E-state index contributed by atoms with van der Waals surface area (Å²) in [6, 6.07) is 19.3. The van der Waals surface area contributed by atoms with E-state index in [0.717, 1.165) is 40.8 Å². The minimum Gasteiger partial charge on any atom is -0.362 e. The van der Waals surface area contributed by atoms with Gasteiger partial charge in [0, 0.05) is 25.9 Å². The molecular weight excluding hydrogens is 426 g/mol. The third-order valence-corrected chi connectivity index (χ3v) is 7.95. The summed E-state index contributed by atoms with van der Waals surface area (Å²) in [5, 5.41) is 1.15. The van der Waals surface area contributed by atoms with Crippen LogP contribution in [0.2, 0.25) is 0 Å². The van der Waals surface area contributed by atoms with Crippen molar-refractivity contribution in [2.45, 2.75) is 89.9 Å². The molecule has 0 unspecified atom stereocenters. The maximum Gasteiger partial charge on any atom is 0.139 e. The molecule has 1 aromatic heterocycles. The predicted octanol–water partition coefficient (Wildman–Crippen LogP) is 8.41. The zero-order valence-electron chi connectivity index (χ0n) is 22.1. The number of unbranched alkanes of at least 4 members (excludes halogenated alkanes) is 4. The third-order valence-electron chi connectivity index (χ3n) is 7.95. The number of anilines is 1. The molecule has 1 aliphatic carbocycles. The maximum absolute atomic E-state index is 4.89. The van der Waals surface area contributed by atoms with Gasteiger partial charge in [0.05, 0.1) is 5.52 Å². The molecule has 4 rings (SSSR count). The Balaban J connectivity index is 1.08. The molecule has 1 heterocycles. The molecule has 0 spiro atoms. The van der Waals surface area contributed by atoms with Crippen molar-refractivity contribution in [3.8, 4) is 0 Å². The molecule has 1 aliphatic rings. The third kappa shape index (κ3) is 8.05. The van der Waals surface area contributed by atoms with Gasteiger partial charge in [-0.3, -0.25) is 0 Å². The Morgan fingerprint density at radius 3 is 2.03 bits per heavy atom. The summed E-state index contributed by atoms with van der Waals surface area (Å²) in [6.45, 7) is 0. The molecule has 0 N–H and O–H groups in total. The SMILES string of the molecule is CN(C)c1nc(CCCC2CCC(CCCCCCCc3ccccc3)CC2)nc2ccccc12. The molecule has 0 saturated heterocycles. The standard InChI is InChI=1S/C32H45N3/c1-35(2)32-29-19-11-12-20-30(29)33-31(34-32)21-13-18-28-24-22-27(23-25-28)17-8-5-3-4-7-14-26-15-9-6-10-16-26/h6,9-12,15-16,19-20,27-28H,3-5,7-8,13-14,17-18,21-25H2,1-2H3. The second-order valence-electron chi connectivity index (χ2n) is 10.9. The van der Waals surface area contributed by atoms with Crippen molar-refractivity contribution in [1.29, 1.82) is 0 Å². The Hall–Kier alpha value is -2.42. The number of aryl methyl sites for hydroxylation is 2. The van der Waals surface area contributed by atoms with E-state index in [0.29, 0.717) is 0 Å². The fraction of sp³-hybridized carbons (Fsp3) is 0.562. The second kappa shape index (κ2) is 13.6. The van der Waals surface area contributed by atoms with Gasteiger partial charge in [0.25, 0.3) is 0 Å². The van der Waals surface area contributed by atoms with Gasteiger partial charge >= 0.3 is 0 Å². The highest BCUT2D eigenvalue weighted by atomic mass is 15.1. The van der Waals surface area contributed by atoms with Crippen molar-refractivity contribution in [3.05, 3.63) is 66.0 Å². The molecule has 0 radical (unpaired) electrons. The minimum atomic E-state index is 0.915. The fourth-order valence-corrected chi connectivity index (χ4v) is 5.85. The first kappa shape index (κ1) is 25.7. The number of hydrogen-bond donors (Lipinski definition) is 0. The molecule has 0 amide bonds. The summed E-state index contributed by atoms with van der Waals surface area (Å²) in [6.07, 6.45) is 19.0. The van der Waals surface area contributed by atoms with Crippen LogP contribution in [0, 0.1) is 11.8 Å². The van der Waals surface area contributed by atoms with Crippen LogP contribution in [0.25, 0.3) is 10.9 Å². The Morgan fingerprint density at radius 2 is 1.29 bits per heavy atom. The second-order valence-corrected chi connectivity index (χ2v) is 10.9. The molecule has 1 saturated carbocycles. The van der Waals surface area contributed by atoms with Gasteiger partial charge in [-0.1, -0.05) is 107 Å². The van der Waals surface area contributed by atoms with E-state index in [1.165, 1.54) is 89.0 Å². The van der Waals surface area contributed by atoms with E-state index in [1.807, 2.05) is 0 Å². The highest BCUT2D eigenvalue weighted by molar-refractivity contribution is 5.89. The highest BCUT2D eigenvalue weighted by Crippen LogP contribution is 2.34. The van der Waals surface area contributed by atoms with Crippen molar-refractivity contribution in [3.63, 3.8) is 0 Å². The van der Waals surface area contributed by atoms with Crippen molar-refractivity contribution >= 4 is 16.7 Å². The van der Waals surface area contributed by atoms with E-state index in [1.54, 1.807) is 0 Å². The van der Waals surface area contributed by atoms with E-state index in [-0.39, 0.29) is 0 Å². The van der Waals surface area contributed by atoms with E-state index in [2.05, 4.69) is 73.6 Å². The lowest BCUT2D eigenvalue weighted by atomic mass is 9.78. The molecule has 35 heavy (non-hydrogen) atoms. The summed E-state index contributed by atoms with van der Waals surface area (Å²) >= 11 is 0. The van der Waals surface area contributed by atoms with Gasteiger partial charge in [-0.25, -0.2) is 9.97 Å². The monoisotopic (exact) mass is 471 g/mol. The average Bonchev–Trinajstić information content (AvgIpc) is 2.89. The van der Waals surface area contributed by atoms with E-state index in [4.69, 9.17) is 9.97 Å². The molecule has 3 nitrogen and oxygen atoms in total. The van der Waals surface area contributed by atoms with Crippen LogP contribution >= 0.6 is 0 Å². The average molecular weight is 472 g/mol. The molecule has 188 valence electrons. The first-order valence-corrected chi connectivity index (χ1v) is 14.2. The summed E-state index contributed by atoms with van der Waals surface area (Å²) in [4.78, 5) is 11.8. The van der Waals surface area contributed by atoms with Crippen LogP contribution in [0.1, 0.15) is 88.4 Å². The smallest absolute Gasteiger partial charge is 0.139 e. The van der Waals surface area contributed by atoms with Gasteiger partial charge in [-0.2, -0.15) is 0 Å². The Kier molecular flexibility index (Phi) is 9.98. The molecule has 0 bridgehead atoms. The van der Waals surface area contributed by atoms with Gasteiger partial charge < -0.3 is 4.90 Å². The van der Waals surface area contributed by atoms with Crippen LogP contribution in [0.4, 0.5) is 5.82 Å². The summed E-state index contributed by atoms with van der Waals surface area (Å²) in [7, 11) is 4.14. The number of aromatic nitrogens is 2. The quantitative estimate of drug-likeness (QED) is 0.234. The molecule has 3 heteroatoms. The summed E-state index contributed by atoms with van der Waals surface area (Å²) < 4.78 is 0. The molecule has 1 fully saturated rings. The lowest BCUT2D eigenvalue weighted by Crippen LogP contribution is -2.15. The molecule has 2 aromatic carbocycles. The zero-order chi connectivity index (χ0) is 24.3. The zero-order valence-corrected chi connectivity index (χ0v) is 22.1. The van der Waals surface area contributed by atoms with Crippen LogP contribution < -0.4 is 4.90 Å². The number of hydrogen-bond acceptors (Lipinski definition) is 3. The predicted molar refractivity (Wildman–Crippen MR) is 150 cm³/mol. The first-order valence-electron chi connectivity index (χ1n) is 14.2. The Bertz CT molecular complexity index is 1010. The topological polar surface area (TPSA) is 29.0 Å². The first-order chi connectivity index (χ1) is 17.2. The molecule has 0 aliphatic heterocycles. The van der Waals surface area contributed by atoms with E-state index < -0.39 is 0 Å². The van der Waals surface area contributed by atoms with Crippen molar-refractivity contribution in [2.24, 2.45) is 11.8 Å². The van der Waals surface area contributed by atoms with Gasteiger partial charge in [0.15, 0.2) is 0 Å². The van der Waals surface area contributed by atoms with Gasteiger partial charge in [-0.15, -0.1) is 0 Å². The van der Waals surface area contributed by atoms with Crippen LogP contribution in [-0.2, 0) is 12.8 Å².